The van der Waals surface area contributed by atoms with Crippen LogP contribution in [0.3, 0.4) is 0 Å². The van der Waals surface area contributed by atoms with Crippen LogP contribution in [0.15, 0.2) is 12.2 Å². The van der Waals surface area contributed by atoms with Gasteiger partial charge in [0.05, 0.1) is 7.11 Å². The van der Waals surface area contributed by atoms with E-state index in [9.17, 15) is 9.59 Å². The molecule has 0 spiro atoms. The number of methoxy groups -OCH3 is 1. The Balaban J connectivity index is 2.52. The van der Waals surface area contributed by atoms with Crippen LogP contribution in [-0.4, -0.2) is 42.8 Å². The molecule has 1 aliphatic heterocycles. The summed E-state index contributed by atoms with van der Waals surface area (Å²) in [5.74, 6) is -0.185. The summed E-state index contributed by atoms with van der Waals surface area (Å²) in [5, 5.41) is 0. The Morgan fingerprint density at radius 2 is 2.00 bits per heavy atom. The normalized spacial score (nSPS) is 20.4. The number of hydrogen-bond donors (Lipinski definition) is 0. The maximum absolute atomic E-state index is 11.9. The fraction of sp³-hybridized carbons (Fsp3) is 0.714. The molecule has 0 radical (unpaired) electrons. The first-order chi connectivity index (χ1) is 8.81. The molecule has 0 N–H and O–H groups in total. The molecule has 5 heteroatoms. The third-order valence-corrected chi connectivity index (χ3v) is 2.82. The molecule has 0 aromatic rings. The molecule has 1 saturated heterocycles. The second-order valence-electron chi connectivity index (χ2n) is 5.71. The van der Waals surface area contributed by atoms with Crippen molar-refractivity contribution in [2.24, 2.45) is 5.92 Å². The topological polar surface area (TPSA) is 55.8 Å². The van der Waals surface area contributed by atoms with E-state index in [1.54, 1.807) is 4.90 Å². The molecule has 1 unspecified atom stereocenters. The van der Waals surface area contributed by atoms with Crippen molar-refractivity contribution in [3.8, 4) is 0 Å². The summed E-state index contributed by atoms with van der Waals surface area (Å²) < 4.78 is 9.89. The van der Waals surface area contributed by atoms with E-state index in [0.29, 0.717) is 13.1 Å². The van der Waals surface area contributed by atoms with E-state index in [1.807, 2.05) is 26.8 Å². The maximum Gasteiger partial charge on any atom is 0.410 e. The van der Waals surface area contributed by atoms with Gasteiger partial charge < -0.3 is 14.4 Å². The molecule has 1 amide bonds. The number of rotatable bonds is 2. The number of carbonyl (C=O) groups is 2. The predicted molar refractivity (Wildman–Crippen MR) is 71.7 cm³/mol. The van der Waals surface area contributed by atoms with Gasteiger partial charge in [0.15, 0.2) is 0 Å². The first kappa shape index (κ1) is 15.5. The number of esters is 1. The van der Waals surface area contributed by atoms with E-state index >= 15 is 0 Å². The molecular weight excluding hydrogens is 246 g/mol. The van der Waals surface area contributed by atoms with E-state index in [-0.39, 0.29) is 18.0 Å². The van der Waals surface area contributed by atoms with Crippen LogP contribution in [0.4, 0.5) is 4.79 Å². The largest absolute Gasteiger partial charge is 0.466 e. The third kappa shape index (κ3) is 5.77. The minimum Gasteiger partial charge on any atom is -0.466 e. The zero-order valence-electron chi connectivity index (χ0n) is 12.1. The lowest BCUT2D eigenvalue weighted by Gasteiger charge is -2.33. The number of likely N-dealkylation sites (tertiary alicyclic amines) is 1. The number of nitrogens with zero attached hydrogens (tertiary/aromatic N) is 1. The number of amides is 1. The summed E-state index contributed by atoms with van der Waals surface area (Å²) in [7, 11) is 1.35. The Labute approximate surface area is 114 Å². The third-order valence-electron chi connectivity index (χ3n) is 2.82. The lowest BCUT2D eigenvalue weighted by atomic mass is 9.98. The van der Waals surface area contributed by atoms with Crippen molar-refractivity contribution in [3.05, 3.63) is 12.2 Å². The molecule has 0 saturated carbocycles. The highest BCUT2D eigenvalue weighted by molar-refractivity contribution is 5.81. The van der Waals surface area contributed by atoms with Crippen molar-refractivity contribution in [2.45, 2.75) is 39.2 Å². The second kappa shape index (κ2) is 6.59. The SMILES string of the molecule is COC(=O)/C=C/C1CCCN(C(=O)OC(C)(C)C)C1. The molecule has 1 atom stereocenters. The van der Waals surface area contributed by atoms with Crippen LogP contribution in [-0.2, 0) is 14.3 Å². The van der Waals surface area contributed by atoms with Gasteiger partial charge in [0.25, 0.3) is 0 Å². The van der Waals surface area contributed by atoms with Gasteiger partial charge in [-0.15, -0.1) is 0 Å². The van der Waals surface area contributed by atoms with E-state index in [1.165, 1.54) is 13.2 Å². The number of carbonyl (C=O) groups excluding carboxylic acids is 2. The minimum absolute atomic E-state index is 0.181. The quantitative estimate of drug-likeness (QED) is 0.570. The highest BCUT2D eigenvalue weighted by atomic mass is 16.6. The van der Waals surface area contributed by atoms with Gasteiger partial charge >= 0.3 is 12.1 Å². The number of piperidine rings is 1. The molecule has 0 bridgehead atoms. The Hall–Kier alpha value is -1.52. The molecule has 1 fully saturated rings. The monoisotopic (exact) mass is 269 g/mol. The van der Waals surface area contributed by atoms with Gasteiger partial charge in [0, 0.05) is 19.2 Å². The smallest absolute Gasteiger partial charge is 0.410 e. The Bertz CT molecular complexity index is 357. The number of ether oxygens (including phenoxy) is 2. The number of hydrogen-bond acceptors (Lipinski definition) is 4. The molecule has 1 aliphatic rings. The Kier molecular flexibility index (Phi) is 5.39. The van der Waals surface area contributed by atoms with Gasteiger partial charge in [-0.2, -0.15) is 0 Å². The van der Waals surface area contributed by atoms with Gasteiger partial charge in [0.1, 0.15) is 5.60 Å². The highest BCUT2D eigenvalue weighted by Gasteiger charge is 2.26. The van der Waals surface area contributed by atoms with Crippen LogP contribution in [0.1, 0.15) is 33.6 Å². The van der Waals surface area contributed by atoms with Gasteiger partial charge in [-0.05, 0) is 39.5 Å². The molecule has 19 heavy (non-hydrogen) atoms. The van der Waals surface area contributed by atoms with E-state index < -0.39 is 5.60 Å². The summed E-state index contributed by atoms with van der Waals surface area (Å²) in [6, 6.07) is 0. The van der Waals surface area contributed by atoms with Gasteiger partial charge in [-0.25, -0.2) is 9.59 Å². The zero-order chi connectivity index (χ0) is 14.5. The summed E-state index contributed by atoms with van der Waals surface area (Å²) >= 11 is 0. The van der Waals surface area contributed by atoms with E-state index in [0.717, 1.165) is 12.8 Å². The average Bonchev–Trinajstić information content (AvgIpc) is 2.34. The van der Waals surface area contributed by atoms with Crippen LogP contribution in [0.5, 0.6) is 0 Å². The summed E-state index contributed by atoms with van der Waals surface area (Å²) in [6.07, 6.45) is 4.82. The zero-order valence-corrected chi connectivity index (χ0v) is 12.1. The van der Waals surface area contributed by atoms with Gasteiger partial charge in [-0.1, -0.05) is 6.08 Å². The summed E-state index contributed by atoms with van der Waals surface area (Å²) in [4.78, 5) is 24.7. The molecule has 1 heterocycles. The minimum atomic E-state index is -0.480. The lowest BCUT2D eigenvalue weighted by molar-refractivity contribution is -0.134. The lowest BCUT2D eigenvalue weighted by Crippen LogP contribution is -2.42. The molecule has 5 nitrogen and oxygen atoms in total. The molecule has 0 aromatic heterocycles. The molecule has 108 valence electrons. The van der Waals surface area contributed by atoms with E-state index in [4.69, 9.17) is 4.74 Å². The highest BCUT2D eigenvalue weighted by Crippen LogP contribution is 2.20. The van der Waals surface area contributed by atoms with Crippen molar-refractivity contribution in [3.63, 3.8) is 0 Å². The standard InChI is InChI=1S/C14H23NO4/c1-14(2,3)19-13(17)15-9-5-6-11(10-15)7-8-12(16)18-4/h7-8,11H,5-6,9-10H2,1-4H3/b8-7+. The van der Waals surface area contributed by atoms with Crippen LogP contribution in [0.25, 0.3) is 0 Å². The van der Waals surface area contributed by atoms with Crippen molar-refractivity contribution in [2.75, 3.05) is 20.2 Å². The summed E-state index contributed by atoms with van der Waals surface area (Å²) in [5.41, 5.74) is -0.480. The Morgan fingerprint density at radius 1 is 1.32 bits per heavy atom. The fourth-order valence-corrected chi connectivity index (χ4v) is 1.94. The maximum atomic E-state index is 11.9. The van der Waals surface area contributed by atoms with E-state index in [2.05, 4.69) is 4.74 Å². The summed E-state index contributed by atoms with van der Waals surface area (Å²) in [6.45, 7) is 6.84. The Morgan fingerprint density at radius 3 is 2.58 bits per heavy atom. The van der Waals surface area contributed by atoms with Crippen molar-refractivity contribution >= 4 is 12.1 Å². The first-order valence-electron chi connectivity index (χ1n) is 6.56. The second-order valence-corrected chi connectivity index (χ2v) is 5.71. The van der Waals surface area contributed by atoms with Crippen LogP contribution in [0, 0.1) is 5.92 Å². The van der Waals surface area contributed by atoms with Crippen LogP contribution in [0.2, 0.25) is 0 Å². The average molecular weight is 269 g/mol. The van der Waals surface area contributed by atoms with Crippen molar-refractivity contribution < 1.29 is 19.1 Å². The van der Waals surface area contributed by atoms with Crippen molar-refractivity contribution in [1.82, 2.24) is 4.90 Å². The first-order valence-corrected chi connectivity index (χ1v) is 6.56. The molecular formula is C14H23NO4. The molecule has 0 aromatic carbocycles. The molecule has 0 aliphatic carbocycles. The van der Waals surface area contributed by atoms with Crippen molar-refractivity contribution in [1.29, 1.82) is 0 Å². The van der Waals surface area contributed by atoms with Gasteiger partial charge in [0.2, 0.25) is 0 Å². The van der Waals surface area contributed by atoms with Gasteiger partial charge in [-0.3, -0.25) is 0 Å². The van der Waals surface area contributed by atoms with Crippen LogP contribution < -0.4 is 0 Å². The molecule has 1 rings (SSSR count). The fourth-order valence-electron chi connectivity index (χ4n) is 1.94. The predicted octanol–water partition coefficient (Wildman–Crippen LogP) is 2.36. The van der Waals surface area contributed by atoms with Crippen LogP contribution >= 0.6 is 0 Å².